The molecule has 0 aliphatic carbocycles. The Hall–Kier alpha value is -4.11. The quantitative estimate of drug-likeness (QED) is 0.422. The van der Waals surface area contributed by atoms with Crippen LogP contribution in [0.1, 0.15) is 28.3 Å². The van der Waals surface area contributed by atoms with Gasteiger partial charge < -0.3 is 14.6 Å². The fourth-order valence-electron chi connectivity index (χ4n) is 3.82. The number of ether oxygens (including phenoxy) is 1. The highest BCUT2D eigenvalue weighted by atomic mass is 32.2. The van der Waals surface area contributed by atoms with Crippen molar-refractivity contribution >= 4 is 27.5 Å². The zero-order valence-corrected chi connectivity index (χ0v) is 19.2. The van der Waals surface area contributed by atoms with Gasteiger partial charge in [-0.15, -0.1) is 0 Å². The molecule has 0 spiro atoms. The summed E-state index contributed by atoms with van der Waals surface area (Å²) in [4.78, 5) is 13.4. The van der Waals surface area contributed by atoms with E-state index in [9.17, 15) is 13.2 Å². The maximum absolute atomic E-state index is 13.3. The zero-order valence-electron chi connectivity index (χ0n) is 18.4. The van der Waals surface area contributed by atoms with E-state index in [-0.39, 0.29) is 16.7 Å². The minimum Gasteiger partial charge on any atom is -0.457 e. The van der Waals surface area contributed by atoms with Gasteiger partial charge in [-0.25, -0.2) is 13.1 Å². The monoisotopic (exact) mass is 475 g/mol. The smallest absolute Gasteiger partial charge is 0.264 e. The number of hydrogen-bond acceptors (Lipinski definition) is 6. The Bertz CT molecular complexity index is 1450. The molecule has 172 valence electrons. The molecule has 9 heteroatoms. The number of anilines is 2. The van der Waals surface area contributed by atoms with Gasteiger partial charge in [-0.3, -0.25) is 4.79 Å². The van der Waals surface area contributed by atoms with Gasteiger partial charge in [0.05, 0.1) is 16.5 Å². The van der Waals surface area contributed by atoms with Gasteiger partial charge in [-0.2, -0.15) is 0 Å². The van der Waals surface area contributed by atoms with Gasteiger partial charge in [0.2, 0.25) is 11.8 Å². The Balaban J connectivity index is 1.38. The molecule has 0 radical (unpaired) electrons. The summed E-state index contributed by atoms with van der Waals surface area (Å²) in [6, 6.07) is 20.8. The molecule has 5 rings (SSSR count). The van der Waals surface area contributed by atoms with Crippen LogP contribution in [0.4, 0.5) is 11.6 Å². The molecule has 1 aliphatic heterocycles. The summed E-state index contributed by atoms with van der Waals surface area (Å²) in [7, 11) is -3.88. The highest BCUT2D eigenvalue weighted by Gasteiger charge is 2.32. The van der Waals surface area contributed by atoms with Crippen LogP contribution in [0.2, 0.25) is 0 Å². The van der Waals surface area contributed by atoms with Gasteiger partial charge in [-0.05, 0) is 50.2 Å². The Morgan fingerprint density at radius 1 is 0.882 bits per heavy atom. The first-order chi connectivity index (χ1) is 16.3. The average Bonchev–Trinajstić information content (AvgIpc) is 3.14. The number of rotatable bonds is 5. The molecule has 1 aliphatic rings. The molecule has 0 unspecified atom stereocenters. The molecular formula is C25H21N3O5S. The second kappa shape index (κ2) is 8.35. The maximum Gasteiger partial charge on any atom is 0.264 e. The van der Waals surface area contributed by atoms with Crippen LogP contribution >= 0.6 is 0 Å². The Morgan fingerprint density at radius 3 is 2.03 bits per heavy atom. The predicted molar refractivity (Wildman–Crippen MR) is 127 cm³/mol. The largest absolute Gasteiger partial charge is 0.457 e. The number of fused-ring (bicyclic) bond motifs is 2. The fourth-order valence-corrected chi connectivity index (χ4v) is 4.86. The van der Waals surface area contributed by atoms with E-state index in [2.05, 4.69) is 15.2 Å². The van der Waals surface area contributed by atoms with E-state index in [0.29, 0.717) is 28.4 Å². The van der Waals surface area contributed by atoms with Crippen molar-refractivity contribution in [2.75, 3.05) is 10.0 Å². The lowest BCUT2D eigenvalue weighted by molar-refractivity contribution is -0.116. The van der Waals surface area contributed by atoms with Crippen molar-refractivity contribution in [3.05, 3.63) is 95.2 Å². The summed E-state index contributed by atoms with van der Waals surface area (Å²) in [6.45, 7) is 3.44. The standard InChI is InChI=1S/C25H21N3O5S/c1-15-16(2)27-33-25(15)28-34(30,31)18-13-11-17(12-14-18)26-24(29)23-19-7-3-5-9-21(19)32-22-10-6-4-8-20(22)23/h3-14,23,28H,1-2H3,(H,26,29). The molecule has 8 nitrogen and oxygen atoms in total. The van der Waals surface area contributed by atoms with Gasteiger partial charge >= 0.3 is 0 Å². The van der Waals surface area contributed by atoms with Crippen molar-refractivity contribution < 1.29 is 22.5 Å². The number of sulfonamides is 1. The number of carbonyl (C=O) groups is 1. The number of nitrogens with zero attached hydrogens (tertiary/aromatic N) is 1. The Kier molecular flexibility index (Phi) is 5.33. The third-order valence-corrected chi connectivity index (χ3v) is 7.11. The molecule has 2 heterocycles. The van der Waals surface area contributed by atoms with E-state index in [1.807, 2.05) is 48.5 Å². The third kappa shape index (κ3) is 3.90. The van der Waals surface area contributed by atoms with Crippen LogP contribution in [-0.2, 0) is 14.8 Å². The van der Waals surface area contributed by atoms with Crippen molar-refractivity contribution in [1.29, 1.82) is 0 Å². The summed E-state index contributed by atoms with van der Waals surface area (Å²) < 4.78 is 38.8. The molecule has 1 aromatic heterocycles. The van der Waals surface area contributed by atoms with Crippen molar-refractivity contribution in [3.63, 3.8) is 0 Å². The molecule has 3 aromatic carbocycles. The first kappa shape index (κ1) is 21.7. The third-order valence-electron chi connectivity index (χ3n) is 5.76. The zero-order chi connectivity index (χ0) is 23.9. The van der Waals surface area contributed by atoms with E-state index >= 15 is 0 Å². The van der Waals surface area contributed by atoms with Gasteiger partial charge in [0.25, 0.3) is 10.0 Å². The summed E-state index contributed by atoms with van der Waals surface area (Å²) in [5, 5.41) is 6.65. The predicted octanol–water partition coefficient (Wildman–Crippen LogP) is 4.97. The number of nitrogens with one attached hydrogen (secondary N) is 2. The summed E-state index contributed by atoms with van der Waals surface area (Å²) in [5.74, 6) is 0.527. The second-order valence-electron chi connectivity index (χ2n) is 7.95. The highest BCUT2D eigenvalue weighted by Crippen LogP contribution is 2.44. The van der Waals surface area contributed by atoms with Gasteiger partial charge in [0.15, 0.2) is 0 Å². The Labute approximate surface area is 196 Å². The number of hydrogen-bond donors (Lipinski definition) is 2. The van der Waals surface area contributed by atoms with Crippen molar-refractivity contribution in [1.82, 2.24) is 5.16 Å². The van der Waals surface area contributed by atoms with Crippen molar-refractivity contribution in [3.8, 4) is 11.5 Å². The van der Waals surface area contributed by atoms with E-state index in [0.717, 1.165) is 11.1 Å². The minimum absolute atomic E-state index is 0.0284. The first-order valence-electron chi connectivity index (χ1n) is 10.6. The summed E-state index contributed by atoms with van der Waals surface area (Å²) >= 11 is 0. The fraction of sp³-hybridized carbons (Fsp3) is 0.120. The van der Waals surface area contributed by atoms with E-state index in [4.69, 9.17) is 9.26 Å². The number of aromatic nitrogens is 1. The molecule has 0 bridgehead atoms. The van der Waals surface area contributed by atoms with Crippen molar-refractivity contribution in [2.24, 2.45) is 0 Å². The molecule has 0 atom stereocenters. The Morgan fingerprint density at radius 2 is 1.47 bits per heavy atom. The van der Waals surface area contributed by atoms with E-state index in [1.54, 1.807) is 26.0 Å². The van der Waals surface area contributed by atoms with E-state index < -0.39 is 15.9 Å². The van der Waals surface area contributed by atoms with Crippen molar-refractivity contribution in [2.45, 2.75) is 24.7 Å². The maximum atomic E-state index is 13.3. The number of carbonyl (C=O) groups excluding carboxylic acids is 1. The minimum atomic E-state index is -3.88. The molecule has 0 saturated heterocycles. The second-order valence-corrected chi connectivity index (χ2v) is 9.63. The van der Waals surface area contributed by atoms with Crippen LogP contribution in [0.15, 0.2) is 82.2 Å². The molecule has 0 saturated carbocycles. The van der Waals surface area contributed by atoms with Gasteiger partial charge in [0.1, 0.15) is 11.5 Å². The lowest BCUT2D eigenvalue weighted by Gasteiger charge is -2.27. The van der Waals surface area contributed by atoms with Crippen LogP contribution in [0.5, 0.6) is 11.5 Å². The molecule has 34 heavy (non-hydrogen) atoms. The summed E-state index contributed by atoms with van der Waals surface area (Å²) in [5.41, 5.74) is 3.22. The number of aryl methyl sites for hydroxylation is 1. The first-order valence-corrected chi connectivity index (χ1v) is 12.0. The highest BCUT2D eigenvalue weighted by molar-refractivity contribution is 7.92. The molecular weight excluding hydrogens is 454 g/mol. The molecule has 1 amide bonds. The number of para-hydroxylation sites is 2. The van der Waals surface area contributed by atoms with Crippen LogP contribution in [0.3, 0.4) is 0 Å². The van der Waals surface area contributed by atoms with E-state index in [1.165, 1.54) is 12.1 Å². The molecule has 0 fully saturated rings. The lowest BCUT2D eigenvalue weighted by atomic mass is 9.87. The average molecular weight is 476 g/mol. The van der Waals surface area contributed by atoms with Gasteiger partial charge in [0, 0.05) is 22.4 Å². The van der Waals surface area contributed by atoms with Crippen LogP contribution < -0.4 is 14.8 Å². The lowest BCUT2D eigenvalue weighted by Crippen LogP contribution is -2.25. The van der Waals surface area contributed by atoms with Gasteiger partial charge in [-0.1, -0.05) is 41.6 Å². The molecule has 2 N–H and O–H groups in total. The topological polar surface area (TPSA) is 111 Å². The van der Waals surface area contributed by atoms with Crippen LogP contribution in [0, 0.1) is 13.8 Å². The SMILES string of the molecule is Cc1noc(NS(=O)(=O)c2ccc(NC(=O)C3c4ccccc4Oc4ccccc43)cc2)c1C. The summed E-state index contributed by atoms with van der Waals surface area (Å²) in [6.07, 6.45) is 0. The number of benzene rings is 3. The molecule has 4 aromatic rings. The number of amides is 1. The van der Waals surface area contributed by atoms with Crippen LogP contribution in [0.25, 0.3) is 0 Å². The normalized spacial score (nSPS) is 12.9. The van der Waals surface area contributed by atoms with Crippen LogP contribution in [-0.4, -0.2) is 19.5 Å².